The fourth-order valence-electron chi connectivity index (χ4n) is 8.13. The molecule has 0 spiro atoms. The average Bonchev–Trinajstić information content (AvgIpc) is 3.65. The van der Waals surface area contributed by atoms with Crippen LogP contribution in [0.4, 0.5) is 17.1 Å². The van der Waals surface area contributed by atoms with Gasteiger partial charge in [0.2, 0.25) is 0 Å². The third kappa shape index (κ3) is 5.50. The molecule has 0 saturated heterocycles. The highest BCUT2D eigenvalue weighted by atomic mass is 32.1. The molecule has 0 aliphatic heterocycles. The normalized spacial score (nSPS) is 11.6. The first kappa shape index (κ1) is 32.3. The molecule has 0 fully saturated rings. The Morgan fingerprint density at radius 3 is 1.68 bits per heavy atom. The van der Waals surface area contributed by atoms with E-state index in [2.05, 4.69) is 193 Å². The smallest absolute Gasteiger partial charge is 0.0979 e. The highest BCUT2D eigenvalue weighted by molar-refractivity contribution is 7.25. The van der Waals surface area contributed by atoms with Gasteiger partial charge in [-0.3, -0.25) is 0 Å². The molecule has 2 aromatic heterocycles. The van der Waals surface area contributed by atoms with Gasteiger partial charge in [0.1, 0.15) is 0 Å². The lowest BCUT2D eigenvalue weighted by Gasteiger charge is -2.27. The molecule has 0 N–H and O–H groups in total. The standard InChI is InChI=1S/C52H33N3S/c1-4-13-34(14-5-1)39-19-12-20-40(31-39)55(42-28-30-48-45(33-42)43-21-10-11-22-47(43)56-48)41-27-25-35-23-24-36-26-29-46-52(49(36)44(35)32-41)54-51(38-17-8-3-9-18-38)50(53-46)37-15-6-2-7-16-37/h1-33H. The molecule has 0 unspecified atom stereocenters. The summed E-state index contributed by atoms with van der Waals surface area (Å²) in [7, 11) is 0. The maximum atomic E-state index is 5.52. The van der Waals surface area contributed by atoms with Crippen molar-refractivity contribution in [2.45, 2.75) is 0 Å². The van der Waals surface area contributed by atoms with Crippen LogP contribution in [0.15, 0.2) is 200 Å². The molecule has 9 aromatic carbocycles. The second kappa shape index (κ2) is 13.3. The van der Waals surface area contributed by atoms with Gasteiger partial charge in [0.15, 0.2) is 0 Å². The van der Waals surface area contributed by atoms with Crippen LogP contribution in [0.5, 0.6) is 0 Å². The van der Waals surface area contributed by atoms with E-state index in [1.807, 2.05) is 23.5 Å². The fraction of sp³-hybridized carbons (Fsp3) is 0. The van der Waals surface area contributed by atoms with Crippen LogP contribution in [0.25, 0.3) is 86.4 Å². The van der Waals surface area contributed by atoms with Crippen molar-refractivity contribution in [3.63, 3.8) is 0 Å². The largest absolute Gasteiger partial charge is 0.310 e. The molecule has 0 saturated carbocycles. The third-order valence-electron chi connectivity index (χ3n) is 10.8. The quantitative estimate of drug-likeness (QED) is 0.159. The second-order valence-electron chi connectivity index (χ2n) is 14.2. The van der Waals surface area contributed by atoms with E-state index in [1.54, 1.807) is 0 Å². The predicted molar refractivity (Wildman–Crippen MR) is 238 cm³/mol. The van der Waals surface area contributed by atoms with Crippen LogP contribution in [-0.4, -0.2) is 9.97 Å². The Kier molecular flexibility index (Phi) is 7.68. The summed E-state index contributed by atoms with van der Waals surface area (Å²) in [6.07, 6.45) is 0. The SMILES string of the molecule is c1ccc(-c2cccc(N(c3ccc4sc5ccccc5c4c3)c3ccc4ccc5ccc6nc(-c7ccccc7)c(-c7ccccc7)nc6c5c4c3)c2)cc1. The number of anilines is 3. The Morgan fingerprint density at radius 2 is 0.911 bits per heavy atom. The number of fused-ring (bicyclic) bond motifs is 8. The van der Waals surface area contributed by atoms with Gasteiger partial charge < -0.3 is 4.90 Å². The van der Waals surface area contributed by atoms with E-state index in [9.17, 15) is 0 Å². The van der Waals surface area contributed by atoms with Crippen molar-refractivity contribution in [2.75, 3.05) is 4.90 Å². The van der Waals surface area contributed by atoms with E-state index in [1.165, 1.54) is 31.3 Å². The summed E-state index contributed by atoms with van der Waals surface area (Å²) < 4.78 is 2.58. The zero-order chi connectivity index (χ0) is 37.0. The molecule has 0 aliphatic carbocycles. The number of rotatable bonds is 6. The van der Waals surface area contributed by atoms with Crippen molar-refractivity contribution in [1.82, 2.24) is 9.97 Å². The fourth-order valence-corrected chi connectivity index (χ4v) is 9.22. The van der Waals surface area contributed by atoms with Gasteiger partial charge >= 0.3 is 0 Å². The van der Waals surface area contributed by atoms with Crippen molar-refractivity contribution < 1.29 is 0 Å². The summed E-state index contributed by atoms with van der Waals surface area (Å²) in [5.41, 5.74) is 11.2. The molecular weight excluding hydrogens is 699 g/mol. The molecule has 56 heavy (non-hydrogen) atoms. The topological polar surface area (TPSA) is 29.0 Å². The molecule has 262 valence electrons. The van der Waals surface area contributed by atoms with E-state index >= 15 is 0 Å². The molecule has 0 atom stereocenters. The summed E-state index contributed by atoms with van der Waals surface area (Å²) in [5, 5.41) is 7.07. The van der Waals surface area contributed by atoms with Crippen LogP contribution in [0.2, 0.25) is 0 Å². The Balaban J connectivity index is 1.17. The lowest BCUT2D eigenvalue weighted by molar-refractivity contribution is 1.29. The zero-order valence-electron chi connectivity index (χ0n) is 30.3. The van der Waals surface area contributed by atoms with Gasteiger partial charge in [-0.2, -0.15) is 0 Å². The van der Waals surface area contributed by atoms with Gasteiger partial charge in [0.05, 0.1) is 22.4 Å². The maximum absolute atomic E-state index is 5.52. The Hall–Kier alpha value is -7.14. The van der Waals surface area contributed by atoms with Gasteiger partial charge in [0, 0.05) is 53.7 Å². The minimum absolute atomic E-state index is 0.871. The van der Waals surface area contributed by atoms with E-state index in [4.69, 9.17) is 9.97 Å². The maximum Gasteiger partial charge on any atom is 0.0979 e. The highest BCUT2D eigenvalue weighted by Crippen LogP contribution is 2.43. The van der Waals surface area contributed by atoms with Crippen LogP contribution in [0.3, 0.4) is 0 Å². The Labute approximate surface area is 328 Å². The van der Waals surface area contributed by atoms with Crippen molar-refractivity contribution >= 4 is 81.1 Å². The lowest BCUT2D eigenvalue weighted by Crippen LogP contribution is -2.10. The number of nitrogens with zero attached hydrogens (tertiary/aromatic N) is 3. The molecule has 0 aliphatic rings. The van der Waals surface area contributed by atoms with Gasteiger partial charge in [-0.05, 0) is 81.9 Å². The minimum Gasteiger partial charge on any atom is -0.310 e. The molecule has 0 amide bonds. The Morgan fingerprint density at radius 1 is 0.357 bits per heavy atom. The number of aromatic nitrogens is 2. The zero-order valence-corrected chi connectivity index (χ0v) is 31.1. The van der Waals surface area contributed by atoms with Crippen molar-refractivity contribution in [3.8, 4) is 33.6 Å². The van der Waals surface area contributed by atoms with Gasteiger partial charge in [0.25, 0.3) is 0 Å². The summed E-state index contributed by atoms with van der Waals surface area (Å²) in [4.78, 5) is 13.3. The van der Waals surface area contributed by atoms with E-state index in [0.29, 0.717) is 0 Å². The first-order valence-corrected chi connectivity index (χ1v) is 19.7. The molecule has 3 nitrogen and oxygen atoms in total. The first-order chi connectivity index (χ1) is 27.7. The Bertz CT molecular complexity index is 3250. The van der Waals surface area contributed by atoms with Crippen LogP contribution >= 0.6 is 11.3 Å². The van der Waals surface area contributed by atoms with Gasteiger partial charge in [-0.1, -0.05) is 146 Å². The van der Waals surface area contributed by atoms with E-state index < -0.39 is 0 Å². The number of hydrogen-bond acceptors (Lipinski definition) is 4. The van der Waals surface area contributed by atoms with Crippen LogP contribution in [-0.2, 0) is 0 Å². The van der Waals surface area contributed by atoms with E-state index in [-0.39, 0.29) is 0 Å². The number of benzene rings is 9. The number of hydrogen-bond donors (Lipinski definition) is 0. The average molecular weight is 732 g/mol. The molecule has 11 rings (SSSR count). The summed E-state index contributed by atoms with van der Waals surface area (Å²) in [6.45, 7) is 0. The predicted octanol–water partition coefficient (Wildman–Crippen LogP) is 14.8. The molecule has 0 bridgehead atoms. The lowest BCUT2D eigenvalue weighted by atomic mass is 9.98. The molecule has 0 radical (unpaired) electrons. The second-order valence-corrected chi connectivity index (χ2v) is 15.3. The van der Waals surface area contributed by atoms with E-state index in [0.717, 1.165) is 72.2 Å². The first-order valence-electron chi connectivity index (χ1n) is 18.9. The van der Waals surface area contributed by atoms with Gasteiger partial charge in [-0.15, -0.1) is 11.3 Å². The minimum atomic E-state index is 0.871. The molecular formula is C52H33N3S. The van der Waals surface area contributed by atoms with Crippen molar-refractivity contribution in [1.29, 1.82) is 0 Å². The monoisotopic (exact) mass is 731 g/mol. The summed E-state index contributed by atoms with van der Waals surface area (Å²) >= 11 is 1.85. The number of thiophene rings is 1. The molecule has 4 heteroatoms. The van der Waals surface area contributed by atoms with Crippen LogP contribution < -0.4 is 4.90 Å². The van der Waals surface area contributed by atoms with Gasteiger partial charge in [-0.25, -0.2) is 9.97 Å². The summed E-state index contributed by atoms with van der Waals surface area (Å²) in [6, 6.07) is 71.5. The van der Waals surface area contributed by atoms with Crippen LogP contribution in [0, 0.1) is 0 Å². The molecule has 2 heterocycles. The van der Waals surface area contributed by atoms with Crippen molar-refractivity contribution in [2.24, 2.45) is 0 Å². The molecule has 11 aromatic rings. The summed E-state index contributed by atoms with van der Waals surface area (Å²) in [5.74, 6) is 0. The van der Waals surface area contributed by atoms with Crippen LogP contribution in [0.1, 0.15) is 0 Å². The highest BCUT2D eigenvalue weighted by Gasteiger charge is 2.19. The third-order valence-corrected chi connectivity index (χ3v) is 12.0. The van der Waals surface area contributed by atoms with Crippen molar-refractivity contribution in [3.05, 3.63) is 200 Å².